The van der Waals surface area contributed by atoms with Gasteiger partial charge in [-0.05, 0) is 36.2 Å². The highest BCUT2D eigenvalue weighted by molar-refractivity contribution is 7.91. The Labute approximate surface area is 142 Å². The van der Waals surface area contributed by atoms with Gasteiger partial charge in [-0.2, -0.15) is 0 Å². The molecule has 0 fully saturated rings. The molecular formula is C17H21N3O3S. The van der Waals surface area contributed by atoms with E-state index in [9.17, 15) is 13.2 Å². The lowest BCUT2D eigenvalue weighted by Gasteiger charge is -2.19. The number of sulfone groups is 1. The van der Waals surface area contributed by atoms with E-state index in [-0.39, 0.29) is 22.7 Å². The number of carbonyl (C=O) groups is 1. The van der Waals surface area contributed by atoms with Crippen LogP contribution in [-0.4, -0.2) is 30.0 Å². The van der Waals surface area contributed by atoms with Gasteiger partial charge in [0.15, 0.2) is 14.9 Å². The highest BCUT2D eigenvalue weighted by Gasteiger charge is 2.19. The van der Waals surface area contributed by atoms with Crippen molar-refractivity contribution in [1.29, 1.82) is 0 Å². The summed E-state index contributed by atoms with van der Waals surface area (Å²) in [6.07, 6.45) is 6.13. The van der Waals surface area contributed by atoms with Crippen molar-refractivity contribution in [1.82, 2.24) is 15.3 Å². The molecule has 128 valence electrons. The fourth-order valence-electron chi connectivity index (χ4n) is 2.32. The maximum atomic E-state index is 12.4. The van der Waals surface area contributed by atoms with Crippen molar-refractivity contribution in [3.63, 3.8) is 0 Å². The van der Waals surface area contributed by atoms with Crippen molar-refractivity contribution in [2.24, 2.45) is 0 Å². The van der Waals surface area contributed by atoms with Gasteiger partial charge in [-0.25, -0.2) is 13.4 Å². The largest absolute Gasteiger partial charge is 0.345 e. The number of pyridine rings is 2. The first-order chi connectivity index (χ1) is 11.5. The maximum absolute atomic E-state index is 12.4. The lowest BCUT2D eigenvalue weighted by Crippen LogP contribution is -2.28. The third-order valence-electron chi connectivity index (χ3n) is 3.69. The van der Waals surface area contributed by atoms with E-state index in [0.29, 0.717) is 12.0 Å². The third-order valence-corrected chi connectivity index (χ3v) is 5.31. The first kappa shape index (κ1) is 18.1. The van der Waals surface area contributed by atoms with Crippen molar-refractivity contribution in [2.75, 3.05) is 5.75 Å². The van der Waals surface area contributed by atoms with E-state index in [1.165, 1.54) is 6.20 Å². The van der Waals surface area contributed by atoms with Crippen LogP contribution in [0.2, 0.25) is 0 Å². The molecule has 0 aliphatic rings. The SMILES string of the molecule is CCCC(NC(=O)c1ccncc1)c1ccnc(S(=O)(=O)CC)c1. The summed E-state index contributed by atoms with van der Waals surface area (Å²) < 4.78 is 24.0. The zero-order valence-electron chi connectivity index (χ0n) is 13.8. The van der Waals surface area contributed by atoms with Gasteiger partial charge in [-0.15, -0.1) is 0 Å². The van der Waals surface area contributed by atoms with E-state index in [4.69, 9.17) is 0 Å². The molecule has 0 bridgehead atoms. The minimum Gasteiger partial charge on any atom is -0.345 e. The van der Waals surface area contributed by atoms with Crippen LogP contribution in [0.5, 0.6) is 0 Å². The minimum atomic E-state index is -3.38. The first-order valence-electron chi connectivity index (χ1n) is 7.87. The molecule has 2 rings (SSSR count). The molecule has 1 amide bonds. The van der Waals surface area contributed by atoms with Gasteiger partial charge in [0.2, 0.25) is 0 Å². The lowest BCUT2D eigenvalue weighted by molar-refractivity contribution is 0.0934. The van der Waals surface area contributed by atoms with Gasteiger partial charge in [0.05, 0.1) is 11.8 Å². The molecule has 0 radical (unpaired) electrons. The van der Waals surface area contributed by atoms with Gasteiger partial charge >= 0.3 is 0 Å². The van der Waals surface area contributed by atoms with Gasteiger partial charge in [0.25, 0.3) is 5.91 Å². The van der Waals surface area contributed by atoms with Gasteiger partial charge in [-0.3, -0.25) is 9.78 Å². The number of amides is 1. The van der Waals surface area contributed by atoms with Gasteiger partial charge in [0, 0.05) is 24.2 Å². The molecule has 0 saturated heterocycles. The van der Waals surface area contributed by atoms with E-state index < -0.39 is 9.84 Å². The van der Waals surface area contributed by atoms with Crippen LogP contribution in [0.1, 0.15) is 48.7 Å². The van der Waals surface area contributed by atoms with Crippen molar-refractivity contribution in [3.8, 4) is 0 Å². The number of nitrogens with zero attached hydrogens (tertiary/aromatic N) is 2. The van der Waals surface area contributed by atoms with E-state index in [1.54, 1.807) is 43.6 Å². The quantitative estimate of drug-likeness (QED) is 0.831. The second kappa shape index (κ2) is 8.01. The molecule has 0 aliphatic carbocycles. The Morgan fingerprint density at radius 1 is 1.17 bits per heavy atom. The standard InChI is InChI=1S/C17H21N3O3S/c1-3-5-15(20-17(21)13-6-9-18-10-7-13)14-8-11-19-16(12-14)24(22,23)4-2/h6-12,15H,3-5H2,1-2H3,(H,20,21). The van der Waals surface area contributed by atoms with Gasteiger partial charge in [0.1, 0.15) is 0 Å². The summed E-state index contributed by atoms with van der Waals surface area (Å²) in [4.78, 5) is 20.2. The molecule has 2 heterocycles. The predicted molar refractivity (Wildman–Crippen MR) is 91.3 cm³/mol. The van der Waals surface area contributed by atoms with Crippen LogP contribution in [-0.2, 0) is 9.84 Å². The highest BCUT2D eigenvalue weighted by atomic mass is 32.2. The van der Waals surface area contributed by atoms with Crippen LogP contribution in [0, 0.1) is 0 Å². The number of rotatable bonds is 7. The van der Waals surface area contributed by atoms with E-state index >= 15 is 0 Å². The minimum absolute atomic E-state index is 0.00866. The van der Waals surface area contributed by atoms with Crippen molar-refractivity contribution >= 4 is 15.7 Å². The molecule has 0 aliphatic heterocycles. The average Bonchev–Trinajstić information content (AvgIpc) is 2.62. The summed E-state index contributed by atoms with van der Waals surface area (Å²) in [5.41, 5.74) is 1.25. The van der Waals surface area contributed by atoms with Crippen molar-refractivity contribution in [2.45, 2.75) is 37.8 Å². The number of carbonyl (C=O) groups excluding carboxylic acids is 1. The van der Waals surface area contributed by atoms with E-state index in [2.05, 4.69) is 15.3 Å². The molecule has 0 spiro atoms. The first-order valence-corrected chi connectivity index (χ1v) is 9.52. The fraction of sp³-hybridized carbons (Fsp3) is 0.353. The number of nitrogens with one attached hydrogen (secondary N) is 1. The smallest absolute Gasteiger partial charge is 0.251 e. The topological polar surface area (TPSA) is 89.0 Å². The van der Waals surface area contributed by atoms with Crippen LogP contribution >= 0.6 is 0 Å². The second-order valence-electron chi connectivity index (χ2n) is 5.38. The normalized spacial score (nSPS) is 12.6. The van der Waals surface area contributed by atoms with Crippen LogP contribution in [0.15, 0.2) is 47.9 Å². The zero-order valence-corrected chi connectivity index (χ0v) is 14.6. The van der Waals surface area contributed by atoms with Crippen LogP contribution in [0.25, 0.3) is 0 Å². The summed E-state index contributed by atoms with van der Waals surface area (Å²) in [5, 5.41) is 3.00. The molecule has 0 aromatic carbocycles. The molecule has 24 heavy (non-hydrogen) atoms. The Kier molecular flexibility index (Phi) is 6.03. The highest BCUT2D eigenvalue weighted by Crippen LogP contribution is 2.21. The monoisotopic (exact) mass is 347 g/mol. The van der Waals surface area contributed by atoms with Crippen LogP contribution in [0.4, 0.5) is 0 Å². The molecule has 1 N–H and O–H groups in total. The predicted octanol–water partition coefficient (Wildman–Crippen LogP) is 2.54. The molecule has 7 heteroatoms. The Bertz CT molecular complexity index is 792. The maximum Gasteiger partial charge on any atom is 0.251 e. The van der Waals surface area contributed by atoms with Crippen LogP contribution in [0.3, 0.4) is 0 Å². The Morgan fingerprint density at radius 2 is 1.88 bits per heavy atom. The second-order valence-corrected chi connectivity index (χ2v) is 7.61. The molecule has 2 aromatic rings. The molecule has 1 atom stereocenters. The van der Waals surface area contributed by atoms with Crippen LogP contribution < -0.4 is 5.32 Å². The van der Waals surface area contributed by atoms with Gasteiger partial charge in [-0.1, -0.05) is 20.3 Å². The zero-order chi connectivity index (χ0) is 17.6. The third kappa shape index (κ3) is 4.38. The molecule has 1 unspecified atom stereocenters. The summed E-state index contributed by atoms with van der Waals surface area (Å²) >= 11 is 0. The number of hydrogen-bond donors (Lipinski definition) is 1. The summed E-state index contributed by atoms with van der Waals surface area (Å²) in [6.45, 7) is 3.59. The van der Waals surface area contributed by atoms with E-state index in [0.717, 1.165) is 12.0 Å². The Hall–Kier alpha value is -2.28. The van der Waals surface area contributed by atoms with Crippen molar-refractivity contribution < 1.29 is 13.2 Å². The number of hydrogen-bond acceptors (Lipinski definition) is 5. The summed E-state index contributed by atoms with van der Waals surface area (Å²) in [5.74, 6) is -0.224. The Morgan fingerprint density at radius 3 is 2.50 bits per heavy atom. The summed E-state index contributed by atoms with van der Waals surface area (Å²) in [6, 6.07) is 6.29. The van der Waals surface area contributed by atoms with Crippen molar-refractivity contribution in [3.05, 3.63) is 54.0 Å². The molecule has 2 aromatic heterocycles. The summed E-state index contributed by atoms with van der Waals surface area (Å²) in [7, 11) is -3.38. The fourth-order valence-corrected chi connectivity index (χ4v) is 3.15. The lowest BCUT2D eigenvalue weighted by atomic mass is 10.0. The van der Waals surface area contributed by atoms with Gasteiger partial charge < -0.3 is 5.32 Å². The number of aromatic nitrogens is 2. The van der Waals surface area contributed by atoms with E-state index in [1.807, 2.05) is 6.92 Å². The molecule has 0 saturated carbocycles. The molecule has 6 nitrogen and oxygen atoms in total. The Balaban J connectivity index is 2.28. The average molecular weight is 347 g/mol. The molecular weight excluding hydrogens is 326 g/mol.